The summed E-state index contributed by atoms with van der Waals surface area (Å²) in [5.74, 6) is 0.882. The SMILES string of the molecule is OC1CCCC(CNc2nc3ccc(F)cc3[nH]2)C1. The quantitative estimate of drug-likeness (QED) is 0.798. The molecule has 102 valence electrons. The maximum atomic E-state index is 13.1. The van der Waals surface area contributed by atoms with Crippen molar-refractivity contribution in [1.82, 2.24) is 9.97 Å². The second-order valence-corrected chi connectivity index (χ2v) is 5.31. The molecule has 0 aliphatic heterocycles. The minimum absolute atomic E-state index is 0.162. The molecule has 2 unspecified atom stereocenters. The fourth-order valence-corrected chi connectivity index (χ4v) is 2.75. The Balaban J connectivity index is 1.65. The van der Waals surface area contributed by atoms with E-state index >= 15 is 0 Å². The van der Waals surface area contributed by atoms with Crippen LogP contribution in [0.2, 0.25) is 0 Å². The van der Waals surface area contributed by atoms with Gasteiger partial charge in [0.05, 0.1) is 17.1 Å². The molecular weight excluding hydrogens is 245 g/mol. The average Bonchev–Trinajstić information content (AvgIpc) is 2.78. The van der Waals surface area contributed by atoms with Gasteiger partial charge in [0.2, 0.25) is 5.95 Å². The van der Waals surface area contributed by atoms with Crippen LogP contribution in [-0.2, 0) is 0 Å². The molecular formula is C14H18FN3O. The van der Waals surface area contributed by atoms with E-state index in [4.69, 9.17) is 0 Å². The van der Waals surface area contributed by atoms with Crippen LogP contribution < -0.4 is 5.32 Å². The lowest BCUT2D eigenvalue weighted by molar-refractivity contribution is 0.104. The number of hydrogen-bond donors (Lipinski definition) is 3. The molecule has 0 amide bonds. The number of nitrogens with zero attached hydrogens (tertiary/aromatic N) is 1. The third-order valence-electron chi connectivity index (χ3n) is 3.76. The van der Waals surface area contributed by atoms with E-state index in [1.165, 1.54) is 12.1 Å². The van der Waals surface area contributed by atoms with Gasteiger partial charge in [-0.2, -0.15) is 0 Å². The first-order valence-electron chi connectivity index (χ1n) is 6.78. The van der Waals surface area contributed by atoms with E-state index in [-0.39, 0.29) is 11.9 Å². The number of aliphatic hydroxyl groups excluding tert-OH is 1. The number of nitrogens with one attached hydrogen (secondary N) is 2. The molecule has 0 bridgehead atoms. The molecule has 2 atom stereocenters. The molecule has 1 aromatic heterocycles. The van der Waals surface area contributed by atoms with Gasteiger partial charge in [-0.05, 0) is 43.4 Å². The highest BCUT2D eigenvalue weighted by Gasteiger charge is 2.20. The van der Waals surface area contributed by atoms with Crippen molar-refractivity contribution >= 4 is 17.0 Å². The Kier molecular flexibility index (Phi) is 3.38. The number of aliphatic hydroxyl groups is 1. The van der Waals surface area contributed by atoms with E-state index in [0.717, 1.165) is 37.7 Å². The van der Waals surface area contributed by atoms with E-state index in [2.05, 4.69) is 15.3 Å². The van der Waals surface area contributed by atoms with E-state index in [1.807, 2.05) is 0 Å². The Morgan fingerprint density at radius 1 is 1.42 bits per heavy atom. The normalized spacial score (nSPS) is 23.7. The molecule has 0 spiro atoms. The fraction of sp³-hybridized carbons (Fsp3) is 0.500. The highest BCUT2D eigenvalue weighted by atomic mass is 19.1. The van der Waals surface area contributed by atoms with Crippen molar-refractivity contribution in [1.29, 1.82) is 0 Å². The summed E-state index contributed by atoms with van der Waals surface area (Å²) in [6, 6.07) is 4.51. The van der Waals surface area contributed by atoms with Crippen molar-refractivity contribution in [3.05, 3.63) is 24.0 Å². The molecule has 3 rings (SSSR count). The Bertz CT molecular complexity index is 569. The van der Waals surface area contributed by atoms with Crippen LogP contribution >= 0.6 is 0 Å². The smallest absolute Gasteiger partial charge is 0.201 e. The molecule has 1 saturated carbocycles. The van der Waals surface area contributed by atoms with Crippen molar-refractivity contribution in [2.75, 3.05) is 11.9 Å². The Hall–Kier alpha value is -1.62. The summed E-state index contributed by atoms with van der Waals surface area (Å²) in [5, 5.41) is 12.9. The summed E-state index contributed by atoms with van der Waals surface area (Å²) >= 11 is 0. The van der Waals surface area contributed by atoms with Gasteiger partial charge < -0.3 is 15.4 Å². The van der Waals surface area contributed by atoms with Crippen molar-refractivity contribution < 1.29 is 9.50 Å². The van der Waals surface area contributed by atoms with Crippen LogP contribution in [0, 0.1) is 11.7 Å². The van der Waals surface area contributed by atoms with Crippen molar-refractivity contribution in [3.8, 4) is 0 Å². The molecule has 1 heterocycles. The summed E-state index contributed by atoms with van der Waals surface area (Å²) in [5.41, 5.74) is 1.46. The summed E-state index contributed by atoms with van der Waals surface area (Å²) in [6.07, 6.45) is 3.82. The zero-order valence-electron chi connectivity index (χ0n) is 10.7. The number of H-pyrrole nitrogens is 1. The molecule has 0 radical (unpaired) electrons. The highest BCUT2D eigenvalue weighted by molar-refractivity contribution is 5.77. The number of halogens is 1. The van der Waals surface area contributed by atoms with Gasteiger partial charge in [0.25, 0.3) is 0 Å². The third-order valence-corrected chi connectivity index (χ3v) is 3.76. The van der Waals surface area contributed by atoms with Crippen LogP contribution in [0.15, 0.2) is 18.2 Å². The number of rotatable bonds is 3. The summed E-state index contributed by atoms with van der Waals surface area (Å²) < 4.78 is 13.1. The van der Waals surface area contributed by atoms with Crippen LogP contribution in [0.25, 0.3) is 11.0 Å². The molecule has 1 fully saturated rings. The lowest BCUT2D eigenvalue weighted by Crippen LogP contribution is -2.25. The van der Waals surface area contributed by atoms with Crippen molar-refractivity contribution in [2.24, 2.45) is 5.92 Å². The van der Waals surface area contributed by atoms with Crippen LogP contribution in [0.5, 0.6) is 0 Å². The van der Waals surface area contributed by atoms with Crippen LogP contribution in [0.4, 0.5) is 10.3 Å². The molecule has 19 heavy (non-hydrogen) atoms. The molecule has 3 N–H and O–H groups in total. The van der Waals surface area contributed by atoms with Gasteiger partial charge >= 0.3 is 0 Å². The lowest BCUT2D eigenvalue weighted by Gasteiger charge is -2.25. The first kappa shape index (κ1) is 12.4. The number of aromatic amines is 1. The third kappa shape index (κ3) is 2.87. The molecule has 4 nitrogen and oxygen atoms in total. The van der Waals surface area contributed by atoms with Gasteiger partial charge in [0.1, 0.15) is 5.82 Å². The van der Waals surface area contributed by atoms with Crippen molar-refractivity contribution in [2.45, 2.75) is 31.8 Å². The van der Waals surface area contributed by atoms with Crippen LogP contribution in [0.3, 0.4) is 0 Å². The van der Waals surface area contributed by atoms with Crippen LogP contribution in [-0.4, -0.2) is 27.7 Å². The van der Waals surface area contributed by atoms with E-state index in [1.54, 1.807) is 6.07 Å². The number of fused-ring (bicyclic) bond motifs is 1. The van der Waals surface area contributed by atoms with Gasteiger partial charge in [0, 0.05) is 6.54 Å². The monoisotopic (exact) mass is 263 g/mol. The Labute approximate surface area is 111 Å². The zero-order valence-corrected chi connectivity index (χ0v) is 10.7. The lowest BCUT2D eigenvalue weighted by atomic mass is 9.87. The molecule has 1 aromatic carbocycles. The topological polar surface area (TPSA) is 60.9 Å². The average molecular weight is 263 g/mol. The second-order valence-electron chi connectivity index (χ2n) is 5.31. The number of benzene rings is 1. The molecule has 1 aliphatic rings. The molecule has 5 heteroatoms. The Morgan fingerprint density at radius 2 is 2.32 bits per heavy atom. The fourth-order valence-electron chi connectivity index (χ4n) is 2.75. The van der Waals surface area contributed by atoms with Crippen molar-refractivity contribution in [3.63, 3.8) is 0 Å². The number of anilines is 1. The summed E-state index contributed by atoms with van der Waals surface area (Å²) in [4.78, 5) is 7.42. The predicted molar refractivity (Wildman–Crippen MR) is 72.5 cm³/mol. The van der Waals surface area contributed by atoms with E-state index in [9.17, 15) is 9.50 Å². The van der Waals surface area contributed by atoms with Gasteiger partial charge in [-0.3, -0.25) is 0 Å². The maximum absolute atomic E-state index is 13.1. The minimum Gasteiger partial charge on any atom is -0.393 e. The number of imidazole rings is 1. The summed E-state index contributed by atoms with van der Waals surface area (Å²) in [6.45, 7) is 0.791. The van der Waals surface area contributed by atoms with Gasteiger partial charge in [0.15, 0.2) is 0 Å². The summed E-state index contributed by atoms with van der Waals surface area (Å²) in [7, 11) is 0. The number of hydrogen-bond acceptors (Lipinski definition) is 3. The molecule has 0 saturated heterocycles. The first-order chi connectivity index (χ1) is 9.20. The number of aromatic nitrogens is 2. The second kappa shape index (κ2) is 5.17. The van der Waals surface area contributed by atoms with E-state index < -0.39 is 0 Å². The maximum Gasteiger partial charge on any atom is 0.201 e. The van der Waals surface area contributed by atoms with Crippen LogP contribution in [0.1, 0.15) is 25.7 Å². The predicted octanol–water partition coefficient (Wildman–Crippen LogP) is 2.67. The highest BCUT2D eigenvalue weighted by Crippen LogP contribution is 2.24. The van der Waals surface area contributed by atoms with Gasteiger partial charge in [-0.25, -0.2) is 9.37 Å². The van der Waals surface area contributed by atoms with Gasteiger partial charge in [-0.15, -0.1) is 0 Å². The molecule has 1 aliphatic carbocycles. The largest absolute Gasteiger partial charge is 0.393 e. The standard InChI is InChI=1S/C14H18FN3O/c15-10-4-5-12-13(7-10)18-14(17-12)16-8-9-2-1-3-11(19)6-9/h4-5,7,9,11,19H,1-3,6,8H2,(H2,16,17,18). The molecule has 2 aromatic rings. The Morgan fingerprint density at radius 3 is 3.16 bits per heavy atom. The first-order valence-corrected chi connectivity index (χ1v) is 6.78. The minimum atomic E-state index is -0.266. The zero-order chi connectivity index (χ0) is 13.2. The van der Waals surface area contributed by atoms with Gasteiger partial charge in [-0.1, -0.05) is 6.42 Å². The van der Waals surface area contributed by atoms with E-state index in [0.29, 0.717) is 17.4 Å².